The highest BCUT2D eigenvalue weighted by atomic mass is 79.9. The molecule has 0 bridgehead atoms. The lowest BCUT2D eigenvalue weighted by Crippen LogP contribution is -2.38. The molecule has 1 N–H and O–H groups in total. The molecule has 0 unspecified atom stereocenters. The first kappa shape index (κ1) is 19.2. The van der Waals surface area contributed by atoms with Gasteiger partial charge in [0, 0.05) is 28.8 Å². The van der Waals surface area contributed by atoms with Crippen LogP contribution < -0.4 is 10.2 Å². The van der Waals surface area contributed by atoms with E-state index in [1.165, 1.54) is 31.0 Å². The summed E-state index contributed by atoms with van der Waals surface area (Å²) in [6, 6.07) is 8.30. The van der Waals surface area contributed by atoms with Crippen LogP contribution in [0.5, 0.6) is 0 Å². The maximum Gasteiger partial charge on any atom is 0.234 e. The van der Waals surface area contributed by atoms with Crippen molar-refractivity contribution in [1.29, 1.82) is 0 Å². The van der Waals surface area contributed by atoms with Crippen LogP contribution in [0.1, 0.15) is 31.7 Å². The lowest BCUT2D eigenvalue weighted by molar-refractivity contribution is -0.113. The Hall–Kier alpha value is -1.60. The Kier molecular flexibility index (Phi) is 6.53. The van der Waals surface area contributed by atoms with Crippen molar-refractivity contribution in [1.82, 2.24) is 9.97 Å². The molecule has 0 saturated carbocycles. The minimum absolute atomic E-state index is 0.0353. The third kappa shape index (κ3) is 4.98. The van der Waals surface area contributed by atoms with Gasteiger partial charge in [-0.1, -0.05) is 27.7 Å². The zero-order chi connectivity index (χ0) is 18.5. The highest BCUT2D eigenvalue weighted by molar-refractivity contribution is 9.10. The number of nitrogens with zero attached hydrogens (tertiary/aromatic N) is 3. The highest BCUT2D eigenvalue weighted by Gasteiger charge is 2.20. The monoisotopic (exact) mass is 434 g/mol. The van der Waals surface area contributed by atoms with Crippen LogP contribution in [0.3, 0.4) is 0 Å². The molecule has 0 aliphatic carbocycles. The van der Waals surface area contributed by atoms with Crippen LogP contribution in [0.25, 0.3) is 0 Å². The predicted octanol–water partition coefficient (Wildman–Crippen LogP) is 4.66. The first-order valence-electron chi connectivity index (χ1n) is 8.80. The molecule has 1 amide bonds. The molecule has 1 saturated heterocycles. The van der Waals surface area contributed by atoms with Gasteiger partial charge in [-0.2, -0.15) is 0 Å². The molecule has 3 rings (SSSR count). The lowest BCUT2D eigenvalue weighted by atomic mass is 10.0. The van der Waals surface area contributed by atoms with Crippen molar-refractivity contribution in [2.45, 2.75) is 44.2 Å². The largest absolute Gasteiger partial charge is 0.354 e. The number of piperidine rings is 1. The Morgan fingerprint density at radius 1 is 1.35 bits per heavy atom. The fourth-order valence-electron chi connectivity index (χ4n) is 3.10. The minimum Gasteiger partial charge on any atom is -0.354 e. The first-order valence-corrected chi connectivity index (χ1v) is 10.6. The number of benzene rings is 1. The van der Waals surface area contributed by atoms with E-state index in [1.807, 2.05) is 31.2 Å². The first-order chi connectivity index (χ1) is 12.5. The Morgan fingerprint density at radius 3 is 2.96 bits per heavy atom. The standard InChI is InChI=1S/C19H23BrN4OS/c1-13-9-15(20)6-7-16(13)23-18(25)11-26-19-10-17(21-12-22-19)24-8-4-3-5-14(24)2/h6-7,9-10,12,14H,3-5,8,11H2,1-2H3,(H,23,25)/t14-/m1/s1. The number of halogens is 1. The molecule has 1 atom stereocenters. The van der Waals surface area contributed by atoms with E-state index in [-0.39, 0.29) is 5.91 Å². The number of aryl methyl sites for hydroxylation is 1. The third-order valence-corrected chi connectivity index (χ3v) is 5.96. The summed E-state index contributed by atoms with van der Waals surface area (Å²) in [4.78, 5) is 23.3. The van der Waals surface area contributed by atoms with E-state index >= 15 is 0 Å². The molecule has 0 spiro atoms. The van der Waals surface area contributed by atoms with E-state index in [9.17, 15) is 4.79 Å². The summed E-state index contributed by atoms with van der Waals surface area (Å²) in [5, 5.41) is 3.79. The molecule has 1 aliphatic heterocycles. The Balaban J connectivity index is 1.59. The normalized spacial score (nSPS) is 17.2. The number of carbonyl (C=O) groups is 1. The van der Waals surface area contributed by atoms with Gasteiger partial charge in [-0.3, -0.25) is 4.79 Å². The van der Waals surface area contributed by atoms with Crippen LogP contribution >= 0.6 is 27.7 Å². The summed E-state index contributed by atoms with van der Waals surface area (Å²) < 4.78 is 1.00. The van der Waals surface area contributed by atoms with Crippen molar-refractivity contribution in [3.63, 3.8) is 0 Å². The molecule has 0 radical (unpaired) electrons. The van der Waals surface area contributed by atoms with Crippen LogP contribution in [0.4, 0.5) is 11.5 Å². The Labute approximate surface area is 167 Å². The number of hydrogen-bond acceptors (Lipinski definition) is 5. The quantitative estimate of drug-likeness (QED) is 0.547. The van der Waals surface area contributed by atoms with Crippen molar-refractivity contribution >= 4 is 45.1 Å². The lowest BCUT2D eigenvalue weighted by Gasteiger charge is -2.34. The second-order valence-electron chi connectivity index (χ2n) is 6.55. The molecule has 2 aromatic rings. The number of hydrogen-bond donors (Lipinski definition) is 1. The van der Waals surface area contributed by atoms with Gasteiger partial charge in [0.1, 0.15) is 17.2 Å². The van der Waals surface area contributed by atoms with Crippen molar-refractivity contribution in [2.24, 2.45) is 0 Å². The van der Waals surface area contributed by atoms with Gasteiger partial charge in [0.05, 0.1) is 5.75 Å². The van der Waals surface area contributed by atoms with E-state index in [1.54, 1.807) is 6.33 Å². The van der Waals surface area contributed by atoms with E-state index in [0.717, 1.165) is 33.1 Å². The summed E-state index contributed by atoms with van der Waals surface area (Å²) >= 11 is 4.87. The fourth-order valence-corrected chi connectivity index (χ4v) is 4.23. The van der Waals surface area contributed by atoms with Crippen LogP contribution in [0, 0.1) is 6.92 Å². The number of nitrogens with one attached hydrogen (secondary N) is 1. The van der Waals surface area contributed by atoms with Crippen LogP contribution in [-0.2, 0) is 4.79 Å². The number of amides is 1. The molecule has 7 heteroatoms. The van der Waals surface area contributed by atoms with Crippen LogP contribution in [-0.4, -0.2) is 34.2 Å². The summed E-state index contributed by atoms with van der Waals surface area (Å²) in [6.07, 6.45) is 5.27. The number of carbonyl (C=O) groups excluding carboxylic acids is 1. The van der Waals surface area contributed by atoms with Crippen molar-refractivity contribution in [2.75, 3.05) is 22.5 Å². The zero-order valence-electron chi connectivity index (χ0n) is 15.0. The molecular formula is C19H23BrN4OS. The summed E-state index contributed by atoms with van der Waals surface area (Å²) in [7, 11) is 0. The number of rotatable bonds is 5. The average Bonchev–Trinajstić information content (AvgIpc) is 2.63. The molecule has 1 fully saturated rings. The number of aromatic nitrogens is 2. The van der Waals surface area contributed by atoms with Gasteiger partial charge in [0.15, 0.2) is 0 Å². The van der Waals surface area contributed by atoms with Gasteiger partial charge in [0.2, 0.25) is 5.91 Å². The molecule has 138 valence electrons. The average molecular weight is 435 g/mol. The predicted molar refractivity (Wildman–Crippen MR) is 111 cm³/mol. The SMILES string of the molecule is Cc1cc(Br)ccc1NC(=O)CSc1cc(N2CCCC[C@H]2C)ncn1. The third-order valence-electron chi connectivity index (χ3n) is 4.54. The molecule has 26 heavy (non-hydrogen) atoms. The fraction of sp³-hybridized carbons (Fsp3) is 0.421. The van der Waals surface area contributed by atoms with E-state index in [0.29, 0.717) is 11.8 Å². The summed E-state index contributed by atoms with van der Waals surface area (Å²) in [5.74, 6) is 1.24. The van der Waals surface area contributed by atoms with E-state index in [2.05, 4.69) is 43.0 Å². The maximum absolute atomic E-state index is 12.3. The topological polar surface area (TPSA) is 58.1 Å². The second kappa shape index (κ2) is 8.86. The molecule has 1 aromatic heterocycles. The summed E-state index contributed by atoms with van der Waals surface area (Å²) in [5.41, 5.74) is 1.87. The number of anilines is 2. The van der Waals surface area contributed by atoms with Gasteiger partial charge in [-0.25, -0.2) is 9.97 Å². The zero-order valence-corrected chi connectivity index (χ0v) is 17.4. The van der Waals surface area contributed by atoms with E-state index < -0.39 is 0 Å². The molecule has 1 aliphatic rings. The van der Waals surface area contributed by atoms with Crippen LogP contribution in [0.2, 0.25) is 0 Å². The highest BCUT2D eigenvalue weighted by Crippen LogP contribution is 2.26. The summed E-state index contributed by atoms with van der Waals surface area (Å²) in [6.45, 7) is 5.25. The van der Waals surface area contributed by atoms with Crippen molar-refractivity contribution in [3.8, 4) is 0 Å². The second-order valence-corrected chi connectivity index (χ2v) is 8.46. The smallest absolute Gasteiger partial charge is 0.234 e. The Bertz CT molecular complexity index is 786. The minimum atomic E-state index is -0.0353. The van der Waals surface area contributed by atoms with Gasteiger partial charge < -0.3 is 10.2 Å². The van der Waals surface area contributed by atoms with Gasteiger partial charge in [-0.15, -0.1) is 0 Å². The van der Waals surface area contributed by atoms with Crippen molar-refractivity contribution in [3.05, 3.63) is 40.6 Å². The molecule has 1 aromatic carbocycles. The number of thioether (sulfide) groups is 1. The van der Waals surface area contributed by atoms with Crippen LogP contribution in [0.15, 0.2) is 40.1 Å². The molecular weight excluding hydrogens is 412 g/mol. The van der Waals surface area contributed by atoms with Gasteiger partial charge >= 0.3 is 0 Å². The van der Waals surface area contributed by atoms with Gasteiger partial charge in [0.25, 0.3) is 0 Å². The van der Waals surface area contributed by atoms with Crippen molar-refractivity contribution < 1.29 is 4.79 Å². The Morgan fingerprint density at radius 2 is 2.19 bits per heavy atom. The van der Waals surface area contributed by atoms with Gasteiger partial charge in [-0.05, 0) is 56.9 Å². The maximum atomic E-state index is 12.3. The molecule has 2 heterocycles. The van der Waals surface area contributed by atoms with E-state index in [4.69, 9.17) is 0 Å². The molecule has 5 nitrogen and oxygen atoms in total.